The van der Waals surface area contributed by atoms with Gasteiger partial charge in [0.1, 0.15) is 17.1 Å². The third-order valence-electron chi connectivity index (χ3n) is 3.90. The third-order valence-corrected chi connectivity index (χ3v) is 3.90. The summed E-state index contributed by atoms with van der Waals surface area (Å²) < 4.78 is 10.2. The fourth-order valence-corrected chi connectivity index (χ4v) is 2.52. The fraction of sp³-hybridized carbons (Fsp3) is 0.150. The molecule has 1 amide bonds. The van der Waals surface area contributed by atoms with Crippen molar-refractivity contribution in [3.05, 3.63) is 70.1 Å². The highest BCUT2D eigenvalue weighted by Gasteiger charge is 2.20. The number of hydrogen-bond acceptors (Lipinski definition) is 6. The normalized spacial score (nSPS) is 11.0. The standard InChI is InChI=1S/C20H18N2O5/c1-26-14-8-6-13(7-9-14)12-21-10-11-22-19(24)17-18(23)15-4-2-3-5-16(15)27-20(17)25/h2-9,12,23H,10-11H2,1H3,(H,22,24). The molecular formula is C20H18N2O5. The molecule has 1 heterocycles. The van der Waals surface area contributed by atoms with Crippen LogP contribution in [0.1, 0.15) is 15.9 Å². The van der Waals surface area contributed by atoms with Crippen molar-refractivity contribution in [2.24, 2.45) is 4.99 Å². The maximum absolute atomic E-state index is 12.2. The number of rotatable bonds is 6. The average molecular weight is 366 g/mol. The summed E-state index contributed by atoms with van der Waals surface area (Å²) in [5.74, 6) is -0.332. The topological polar surface area (TPSA) is 101 Å². The number of fused-ring (bicyclic) bond motifs is 1. The van der Waals surface area contributed by atoms with E-state index in [1.807, 2.05) is 24.3 Å². The van der Waals surface area contributed by atoms with Crippen LogP contribution in [0.15, 0.2) is 62.7 Å². The molecule has 3 aromatic rings. The summed E-state index contributed by atoms with van der Waals surface area (Å²) in [6.45, 7) is 0.522. The van der Waals surface area contributed by atoms with Crippen LogP contribution in [0, 0.1) is 0 Å². The Hall–Kier alpha value is -3.61. The summed E-state index contributed by atoms with van der Waals surface area (Å²) >= 11 is 0. The van der Waals surface area contributed by atoms with E-state index in [0.717, 1.165) is 11.3 Å². The van der Waals surface area contributed by atoms with Crippen LogP contribution in [-0.4, -0.2) is 37.4 Å². The van der Waals surface area contributed by atoms with E-state index < -0.39 is 17.1 Å². The summed E-state index contributed by atoms with van der Waals surface area (Å²) in [6.07, 6.45) is 1.67. The van der Waals surface area contributed by atoms with Gasteiger partial charge in [-0.1, -0.05) is 12.1 Å². The SMILES string of the molecule is COc1ccc(C=NCCNC(=O)c2c(O)c3ccccc3oc2=O)cc1. The molecule has 0 saturated heterocycles. The second-order valence-electron chi connectivity index (χ2n) is 5.67. The highest BCUT2D eigenvalue weighted by atomic mass is 16.5. The van der Waals surface area contributed by atoms with Crippen LogP contribution in [0.25, 0.3) is 11.0 Å². The van der Waals surface area contributed by atoms with Crippen LogP contribution in [0.5, 0.6) is 11.5 Å². The van der Waals surface area contributed by atoms with Crippen LogP contribution >= 0.6 is 0 Å². The van der Waals surface area contributed by atoms with Crippen LogP contribution < -0.4 is 15.7 Å². The molecule has 0 spiro atoms. The molecule has 0 aliphatic heterocycles. The Balaban J connectivity index is 1.62. The van der Waals surface area contributed by atoms with Gasteiger partial charge >= 0.3 is 5.63 Å². The number of carbonyl (C=O) groups excluding carboxylic acids is 1. The zero-order valence-electron chi connectivity index (χ0n) is 14.6. The molecule has 2 N–H and O–H groups in total. The smallest absolute Gasteiger partial charge is 0.353 e. The van der Waals surface area contributed by atoms with Gasteiger partial charge in [0.15, 0.2) is 5.56 Å². The zero-order chi connectivity index (χ0) is 19.2. The first-order valence-electron chi connectivity index (χ1n) is 8.27. The minimum absolute atomic E-state index is 0.206. The van der Waals surface area contributed by atoms with Gasteiger partial charge in [-0.2, -0.15) is 0 Å². The Morgan fingerprint density at radius 1 is 1.22 bits per heavy atom. The van der Waals surface area contributed by atoms with E-state index in [1.165, 1.54) is 0 Å². The van der Waals surface area contributed by atoms with Crippen LogP contribution in [0.3, 0.4) is 0 Å². The molecule has 0 bridgehead atoms. The number of nitrogens with one attached hydrogen (secondary N) is 1. The molecule has 7 heteroatoms. The van der Waals surface area contributed by atoms with Crippen molar-refractivity contribution >= 4 is 23.1 Å². The van der Waals surface area contributed by atoms with Crippen molar-refractivity contribution in [1.29, 1.82) is 0 Å². The number of carbonyl (C=O) groups is 1. The molecule has 0 fully saturated rings. The monoisotopic (exact) mass is 366 g/mol. The summed E-state index contributed by atoms with van der Waals surface area (Å²) in [7, 11) is 1.60. The molecule has 27 heavy (non-hydrogen) atoms. The molecule has 138 valence electrons. The molecule has 0 aliphatic rings. The zero-order valence-corrected chi connectivity index (χ0v) is 14.6. The number of nitrogens with zero attached hydrogens (tertiary/aromatic N) is 1. The number of aromatic hydroxyl groups is 1. The van der Waals surface area contributed by atoms with Crippen LogP contribution in [0.2, 0.25) is 0 Å². The number of hydrogen-bond donors (Lipinski definition) is 2. The quantitative estimate of drug-likeness (QED) is 0.396. The van der Waals surface area contributed by atoms with Gasteiger partial charge in [0.25, 0.3) is 5.91 Å². The van der Waals surface area contributed by atoms with Gasteiger partial charge in [-0.3, -0.25) is 9.79 Å². The number of amides is 1. The second-order valence-corrected chi connectivity index (χ2v) is 5.67. The summed E-state index contributed by atoms with van der Waals surface area (Å²) in [5, 5.41) is 13.1. The highest BCUT2D eigenvalue weighted by molar-refractivity contribution is 6.01. The van der Waals surface area contributed by atoms with E-state index >= 15 is 0 Å². The number of para-hydroxylation sites is 1. The van der Waals surface area contributed by atoms with Crippen molar-refractivity contribution in [3.8, 4) is 11.5 Å². The molecule has 0 unspecified atom stereocenters. The Kier molecular flexibility index (Phi) is 5.51. The third kappa shape index (κ3) is 4.14. The molecule has 0 saturated carbocycles. The van der Waals surface area contributed by atoms with Gasteiger partial charge in [0, 0.05) is 12.8 Å². The summed E-state index contributed by atoms with van der Waals surface area (Å²) in [6, 6.07) is 13.8. The molecule has 3 rings (SSSR count). The Morgan fingerprint density at radius 3 is 2.70 bits per heavy atom. The van der Waals surface area contributed by atoms with Gasteiger partial charge in [0.05, 0.1) is 19.0 Å². The van der Waals surface area contributed by atoms with Crippen LogP contribution in [-0.2, 0) is 0 Å². The lowest BCUT2D eigenvalue weighted by Crippen LogP contribution is -2.30. The van der Waals surface area contributed by atoms with Crippen molar-refractivity contribution in [2.45, 2.75) is 0 Å². The lowest BCUT2D eigenvalue weighted by atomic mass is 10.1. The van der Waals surface area contributed by atoms with E-state index in [4.69, 9.17) is 9.15 Å². The second kappa shape index (κ2) is 8.18. The van der Waals surface area contributed by atoms with E-state index in [-0.39, 0.29) is 17.9 Å². The Bertz CT molecular complexity index is 1040. The maximum Gasteiger partial charge on any atom is 0.353 e. The van der Waals surface area contributed by atoms with Crippen LogP contribution in [0.4, 0.5) is 0 Å². The number of benzene rings is 2. The Morgan fingerprint density at radius 2 is 1.96 bits per heavy atom. The summed E-state index contributed by atoms with van der Waals surface area (Å²) in [5.41, 5.74) is -0.172. The molecule has 0 aliphatic carbocycles. The van der Waals surface area contributed by atoms with Crippen molar-refractivity contribution < 1.29 is 19.1 Å². The number of methoxy groups -OCH3 is 1. The molecule has 0 radical (unpaired) electrons. The van der Waals surface area contributed by atoms with Crippen molar-refractivity contribution in [2.75, 3.05) is 20.2 Å². The first-order chi connectivity index (χ1) is 13.1. The lowest BCUT2D eigenvalue weighted by molar-refractivity contribution is 0.0948. The Labute approximate surface area is 154 Å². The largest absolute Gasteiger partial charge is 0.506 e. The molecular weight excluding hydrogens is 348 g/mol. The van der Waals surface area contributed by atoms with Gasteiger partial charge in [0.2, 0.25) is 0 Å². The molecule has 2 aromatic carbocycles. The van der Waals surface area contributed by atoms with Crippen molar-refractivity contribution in [1.82, 2.24) is 5.32 Å². The first kappa shape index (κ1) is 18.2. The van der Waals surface area contributed by atoms with Gasteiger partial charge in [-0.25, -0.2) is 4.79 Å². The highest BCUT2D eigenvalue weighted by Crippen LogP contribution is 2.25. The molecule has 7 nitrogen and oxygen atoms in total. The maximum atomic E-state index is 12.2. The predicted molar refractivity (Wildman–Crippen MR) is 102 cm³/mol. The van der Waals surface area contributed by atoms with E-state index in [0.29, 0.717) is 11.9 Å². The van der Waals surface area contributed by atoms with E-state index in [9.17, 15) is 14.7 Å². The molecule has 1 aromatic heterocycles. The van der Waals surface area contributed by atoms with Crippen molar-refractivity contribution in [3.63, 3.8) is 0 Å². The van der Waals surface area contributed by atoms with Gasteiger partial charge < -0.3 is 19.6 Å². The summed E-state index contributed by atoms with van der Waals surface area (Å²) in [4.78, 5) is 28.4. The number of ether oxygens (including phenoxy) is 1. The molecule has 0 atom stereocenters. The van der Waals surface area contributed by atoms with E-state index in [1.54, 1.807) is 37.6 Å². The lowest BCUT2D eigenvalue weighted by Gasteiger charge is -2.06. The predicted octanol–water partition coefficient (Wildman–Crippen LogP) is 2.36. The van der Waals surface area contributed by atoms with E-state index in [2.05, 4.69) is 10.3 Å². The minimum atomic E-state index is -0.884. The fourth-order valence-electron chi connectivity index (χ4n) is 2.52. The van der Waals surface area contributed by atoms with Gasteiger partial charge in [-0.15, -0.1) is 0 Å². The first-order valence-corrected chi connectivity index (χ1v) is 8.27. The average Bonchev–Trinajstić information content (AvgIpc) is 2.68. The number of aliphatic imine (C=N–C) groups is 1. The van der Waals surface area contributed by atoms with Gasteiger partial charge in [-0.05, 0) is 42.0 Å². The minimum Gasteiger partial charge on any atom is -0.506 e.